The van der Waals surface area contributed by atoms with E-state index in [9.17, 15) is 0 Å². The highest BCUT2D eigenvalue weighted by molar-refractivity contribution is 4.78. The maximum atomic E-state index is 2.73. The van der Waals surface area contributed by atoms with Gasteiger partial charge in [0.1, 0.15) is 0 Å². The van der Waals surface area contributed by atoms with Crippen molar-refractivity contribution >= 4 is 0 Å². The highest BCUT2D eigenvalue weighted by Crippen LogP contribution is 2.22. The largest absolute Gasteiger partial charge is 0.298 e. The third-order valence-corrected chi connectivity index (χ3v) is 3.73. The standard InChI is InChI=1S/C15H33N/c1-7-10-11-15(14(6)9-3)16(12-8-2)13(4)5/h13-15H,7-12H2,1-6H3. The fraction of sp³-hybridized carbons (Fsp3) is 1.00. The van der Waals surface area contributed by atoms with Crippen molar-refractivity contribution in [1.82, 2.24) is 4.90 Å². The summed E-state index contributed by atoms with van der Waals surface area (Å²) in [6.45, 7) is 15.3. The first-order chi connectivity index (χ1) is 7.58. The van der Waals surface area contributed by atoms with Crippen molar-refractivity contribution in [2.75, 3.05) is 6.54 Å². The Kier molecular flexibility index (Phi) is 9.02. The minimum absolute atomic E-state index is 0.691. The maximum Gasteiger partial charge on any atom is 0.0123 e. The minimum Gasteiger partial charge on any atom is -0.298 e. The summed E-state index contributed by atoms with van der Waals surface area (Å²) in [6, 6.07) is 1.49. The lowest BCUT2D eigenvalue weighted by Crippen LogP contribution is -2.44. The van der Waals surface area contributed by atoms with Crippen LogP contribution in [-0.4, -0.2) is 23.5 Å². The zero-order valence-corrected chi connectivity index (χ0v) is 12.4. The lowest BCUT2D eigenvalue weighted by Gasteiger charge is -2.38. The molecule has 0 aliphatic heterocycles. The smallest absolute Gasteiger partial charge is 0.0123 e. The Bertz CT molecular complexity index is 154. The van der Waals surface area contributed by atoms with E-state index in [0.717, 1.165) is 12.0 Å². The number of rotatable bonds is 9. The van der Waals surface area contributed by atoms with E-state index in [-0.39, 0.29) is 0 Å². The average Bonchev–Trinajstić information content (AvgIpc) is 2.27. The van der Waals surface area contributed by atoms with Gasteiger partial charge in [0.15, 0.2) is 0 Å². The molecule has 1 nitrogen and oxygen atoms in total. The van der Waals surface area contributed by atoms with Crippen molar-refractivity contribution in [3.8, 4) is 0 Å². The molecule has 0 rings (SSSR count). The van der Waals surface area contributed by atoms with E-state index in [0.29, 0.717) is 6.04 Å². The molecule has 0 aliphatic rings. The second-order valence-corrected chi connectivity index (χ2v) is 5.43. The number of hydrogen-bond acceptors (Lipinski definition) is 1. The summed E-state index contributed by atoms with van der Waals surface area (Å²) in [5, 5.41) is 0. The van der Waals surface area contributed by atoms with Crippen molar-refractivity contribution in [3.05, 3.63) is 0 Å². The van der Waals surface area contributed by atoms with Crippen molar-refractivity contribution in [3.63, 3.8) is 0 Å². The normalized spacial score (nSPS) is 15.8. The molecular formula is C15H33N. The zero-order chi connectivity index (χ0) is 12.6. The minimum atomic E-state index is 0.691. The third kappa shape index (κ3) is 5.34. The molecule has 0 heterocycles. The van der Waals surface area contributed by atoms with Gasteiger partial charge in [-0.15, -0.1) is 0 Å². The highest BCUT2D eigenvalue weighted by Gasteiger charge is 2.24. The lowest BCUT2D eigenvalue weighted by atomic mass is 9.92. The number of nitrogens with zero attached hydrogens (tertiary/aromatic N) is 1. The fourth-order valence-corrected chi connectivity index (χ4v) is 2.53. The topological polar surface area (TPSA) is 3.24 Å². The lowest BCUT2D eigenvalue weighted by molar-refractivity contribution is 0.101. The molecule has 0 bridgehead atoms. The summed E-state index contributed by atoms with van der Waals surface area (Å²) in [5.74, 6) is 0.834. The predicted molar refractivity (Wildman–Crippen MR) is 74.9 cm³/mol. The van der Waals surface area contributed by atoms with E-state index >= 15 is 0 Å². The van der Waals surface area contributed by atoms with Crippen LogP contribution in [-0.2, 0) is 0 Å². The Morgan fingerprint density at radius 3 is 1.94 bits per heavy atom. The van der Waals surface area contributed by atoms with Gasteiger partial charge in [-0.05, 0) is 39.2 Å². The molecule has 0 amide bonds. The van der Waals surface area contributed by atoms with Crippen LogP contribution in [0.2, 0.25) is 0 Å². The van der Waals surface area contributed by atoms with Gasteiger partial charge in [0.2, 0.25) is 0 Å². The fourth-order valence-electron chi connectivity index (χ4n) is 2.53. The molecule has 0 fully saturated rings. The number of hydrogen-bond donors (Lipinski definition) is 0. The zero-order valence-electron chi connectivity index (χ0n) is 12.4. The first-order valence-corrected chi connectivity index (χ1v) is 7.34. The summed E-state index contributed by atoms with van der Waals surface area (Å²) in [6.07, 6.45) is 6.66. The molecule has 2 unspecified atom stereocenters. The third-order valence-electron chi connectivity index (χ3n) is 3.73. The summed E-state index contributed by atoms with van der Waals surface area (Å²) < 4.78 is 0. The second kappa shape index (κ2) is 9.04. The quantitative estimate of drug-likeness (QED) is 0.551. The van der Waals surface area contributed by atoms with Crippen LogP contribution in [0.4, 0.5) is 0 Å². The molecule has 0 saturated carbocycles. The summed E-state index contributed by atoms with van der Waals surface area (Å²) >= 11 is 0. The molecule has 0 aliphatic carbocycles. The second-order valence-electron chi connectivity index (χ2n) is 5.43. The van der Waals surface area contributed by atoms with Gasteiger partial charge in [-0.1, -0.05) is 47.0 Å². The van der Waals surface area contributed by atoms with Gasteiger partial charge < -0.3 is 0 Å². The van der Waals surface area contributed by atoms with Crippen LogP contribution in [0, 0.1) is 5.92 Å². The van der Waals surface area contributed by atoms with Crippen molar-refractivity contribution in [1.29, 1.82) is 0 Å². The molecule has 0 aromatic carbocycles. The Labute approximate surface area is 104 Å². The van der Waals surface area contributed by atoms with Crippen molar-refractivity contribution in [2.24, 2.45) is 5.92 Å². The Morgan fingerprint density at radius 2 is 1.56 bits per heavy atom. The highest BCUT2D eigenvalue weighted by atomic mass is 15.2. The molecule has 0 aromatic rings. The van der Waals surface area contributed by atoms with Crippen LogP contribution in [0.3, 0.4) is 0 Å². The SMILES string of the molecule is CCCCC(C(C)CC)N(CCC)C(C)C. The molecule has 0 N–H and O–H groups in total. The molecule has 0 radical (unpaired) electrons. The van der Waals surface area contributed by atoms with E-state index in [1.165, 1.54) is 38.6 Å². The van der Waals surface area contributed by atoms with Crippen LogP contribution >= 0.6 is 0 Å². The number of unbranched alkanes of at least 4 members (excludes halogenated alkanes) is 1. The summed E-state index contributed by atoms with van der Waals surface area (Å²) in [7, 11) is 0. The molecule has 1 heteroatoms. The van der Waals surface area contributed by atoms with Gasteiger partial charge in [-0.3, -0.25) is 4.90 Å². The monoisotopic (exact) mass is 227 g/mol. The average molecular weight is 227 g/mol. The molecule has 98 valence electrons. The Morgan fingerprint density at radius 1 is 0.938 bits per heavy atom. The van der Waals surface area contributed by atoms with E-state index in [1.54, 1.807) is 0 Å². The van der Waals surface area contributed by atoms with Crippen LogP contribution in [0.5, 0.6) is 0 Å². The molecular weight excluding hydrogens is 194 g/mol. The van der Waals surface area contributed by atoms with Crippen LogP contribution < -0.4 is 0 Å². The molecule has 16 heavy (non-hydrogen) atoms. The van der Waals surface area contributed by atoms with Gasteiger partial charge in [0.05, 0.1) is 0 Å². The summed E-state index contributed by atoms with van der Waals surface area (Å²) in [5.41, 5.74) is 0. The van der Waals surface area contributed by atoms with Crippen LogP contribution in [0.15, 0.2) is 0 Å². The van der Waals surface area contributed by atoms with E-state index < -0.39 is 0 Å². The van der Waals surface area contributed by atoms with Gasteiger partial charge >= 0.3 is 0 Å². The van der Waals surface area contributed by atoms with Gasteiger partial charge in [-0.2, -0.15) is 0 Å². The predicted octanol–water partition coefficient (Wildman–Crippen LogP) is 4.71. The first-order valence-electron chi connectivity index (χ1n) is 7.34. The maximum absolute atomic E-state index is 2.73. The first kappa shape index (κ1) is 16.0. The van der Waals surface area contributed by atoms with Crippen LogP contribution in [0.25, 0.3) is 0 Å². The van der Waals surface area contributed by atoms with Crippen LogP contribution in [0.1, 0.15) is 73.6 Å². The van der Waals surface area contributed by atoms with Gasteiger partial charge in [-0.25, -0.2) is 0 Å². The Hall–Kier alpha value is -0.0400. The summed E-state index contributed by atoms with van der Waals surface area (Å²) in [4.78, 5) is 2.73. The molecule has 2 atom stereocenters. The molecule has 0 spiro atoms. The Balaban J connectivity index is 4.52. The van der Waals surface area contributed by atoms with E-state index in [4.69, 9.17) is 0 Å². The molecule has 0 saturated heterocycles. The van der Waals surface area contributed by atoms with E-state index in [1.807, 2.05) is 0 Å². The van der Waals surface area contributed by atoms with Gasteiger partial charge in [0.25, 0.3) is 0 Å². The van der Waals surface area contributed by atoms with Gasteiger partial charge in [0, 0.05) is 12.1 Å². The van der Waals surface area contributed by atoms with Crippen molar-refractivity contribution in [2.45, 2.75) is 85.7 Å². The van der Waals surface area contributed by atoms with E-state index in [2.05, 4.69) is 46.4 Å². The molecule has 0 aromatic heterocycles. The van der Waals surface area contributed by atoms with Crippen molar-refractivity contribution < 1.29 is 0 Å².